The smallest absolute Gasteiger partial charge is 0.290 e. The third kappa shape index (κ3) is 4.73. The first kappa shape index (κ1) is 24.3. The molecule has 1 aromatic rings. The van der Waals surface area contributed by atoms with Gasteiger partial charge in [-0.25, -0.2) is 0 Å². The molecule has 1 saturated carbocycles. The summed E-state index contributed by atoms with van der Waals surface area (Å²) >= 11 is 0. The Morgan fingerprint density at radius 1 is 1.06 bits per heavy atom. The van der Waals surface area contributed by atoms with Crippen molar-refractivity contribution < 1.29 is 23.8 Å². The number of amides is 1. The molecule has 0 N–H and O–H groups in total. The van der Waals surface area contributed by atoms with Crippen LogP contribution in [0.4, 0.5) is 0 Å². The lowest BCUT2D eigenvalue weighted by atomic mass is 9.70. The second kappa shape index (κ2) is 10.3. The second-order valence-corrected chi connectivity index (χ2v) is 10.5. The first-order valence-electron chi connectivity index (χ1n) is 13.3. The van der Waals surface area contributed by atoms with Gasteiger partial charge in [0.15, 0.2) is 11.5 Å². The van der Waals surface area contributed by atoms with Crippen LogP contribution in [0.5, 0.6) is 5.75 Å². The number of nitrogens with zero attached hydrogens (tertiary/aromatic N) is 2. The third-order valence-corrected chi connectivity index (χ3v) is 8.27. The molecule has 190 valence electrons. The number of Topliss-reactive ketones (excluding diaryl/α,β-unsaturated/α-hetero) is 1. The minimum atomic E-state index is -0.425. The van der Waals surface area contributed by atoms with Crippen LogP contribution in [0.15, 0.2) is 35.6 Å². The summed E-state index contributed by atoms with van der Waals surface area (Å²) in [6.45, 7) is 11.8. The fraction of sp³-hybridized carbons (Fsp3) is 0.643. The minimum Gasteiger partial charge on any atom is -0.494 e. The van der Waals surface area contributed by atoms with E-state index in [0.717, 1.165) is 63.4 Å². The number of morpholine rings is 1. The van der Waals surface area contributed by atoms with Gasteiger partial charge in [0, 0.05) is 26.2 Å². The second-order valence-electron chi connectivity index (χ2n) is 10.5. The molecule has 1 aromatic carbocycles. The highest BCUT2D eigenvalue weighted by Crippen LogP contribution is 2.48. The molecule has 3 aliphatic heterocycles. The highest BCUT2D eigenvalue weighted by Gasteiger charge is 2.53. The summed E-state index contributed by atoms with van der Waals surface area (Å²) in [7, 11) is 0. The Hall–Kier alpha value is -2.38. The summed E-state index contributed by atoms with van der Waals surface area (Å²) in [4.78, 5) is 31.9. The molecule has 35 heavy (non-hydrogen) atoms. The standard InChI is InChI=1S/C28H38N2O5/c1-4-34-21-8-5-7-20(17-21)25-24-26(31)22-15-18(2)19(3)16-23(22)35-27(24)28(32)30(25)10-6-9-29-11-13-33-14-12-29/h5,7-8,17-19,22-23,25H,4,6,9-16H2,1-3H3. The first-order valence-corrected chi connectivity index (χ1v) is 13.3. The van der Waals surface area contributed by atoms with E-state index in [1.807, 2.05) is 36.1 Å². The molecular weight excluding hydrogens is 444 g/mol. The van der Waals surface area contributed by atoms with Crippen molar-refractivity contribution in [3.05, 3.63) is 41.2 Å². The Morgan fingerprint density at radius 3 is 2.60 bits per heavy atom. The molecule has 1 saturated heterocycles. The van der Waals surface area contributed by atoms with Gasteiger partial charge >= 0.3 is 0 Å². The lowest BCUT2D eigenvalue weighted by molar-refractivity contribution is -0.137. The highest BCUT2D eigenvalue weighted by atomic mass is 16.5. The molecule has 1 amide bonds. The van der Waals surface area contributed by atoms with E-state index in [1.54, 1.807) is 0 Å². The van der Waals surface area contributed by atoms with Crippen molar-refractivity contribution >= 4 is 11.7 Å². The van der Waals surface area contributed by atoms with Crippen molar-refractivity contribution in [2.45, 2.75) is 52.2 Å². The zero-order valence-electron chi connectivity index (χ0n) is 21.2. The van der Waals surface area contributed by atoms with Crippen molar-refractivity contribution in [3.8, 4) is 5.75 Å². The van der Waals surface area contributed by atoms with Gasteiger partial charge in [0.1, 0.15) is 11.9 Å². The maximum atomic E-state index is 13.9. The molecule has 5 unspecified atom stereocenters. The third-order valence-electron chi connectivity index (χ3n) is 8.27. The van der Waals surface area contributed by atoms with Crippen molar-refractivity contribution in [1.82, 2.24) is 9.80 Å². The van der Waals surface area contributed by atoms with E-state index in [-0.39, 0.29) is 29.5 Å². The lowest BCUT2D eigenvalue weighted by Gasteiger charge is -2.40. The Balaban J connectivity index is 1.44. The number of hydrogen-bond donors (Lipinski definition) is 0. The van der Waals surface area contributed by atoms with Gasteiger partial charge in [-0.3, -0.25) is 14.5 Å². The van der Waals surface area contributed by atoms with Gasteiger partial charge in [0.05, 0.1) is 37.4 Å². The van der Waals surface area contributed by atoms with Crippen LogP contribution in [0.1, 0.15) is 51.6 Å². The van der Waals surface area contributed by atoms with E-state index in [1.165, 1.54) is 0 Å². The zero-order chi connectivity index (χ0) is 24.5. The molecule has 1 aliphatic carbocycles. The van der Waals surface area contributed by atoms with Gasteiger partial charge in [-0.2, -0.15) is 0 Å². The highest BCUT2D eigenvalue weighted by molar-refractivity contribution is 6.11. The Labute approximate surface area is 208 Å². The number of hydrogen-bond acceptors (Lipinski definition) is 6. The normalized spacial score (nSPS) is 31.3. The van der Waals surface area contributed by atoms with Crippen LogP contribution in [0.2, 0.25) is 0 Å². The van der Waals surface area contributed by atoms with Gasteiger partial charge in [0.2, 0.25) is 0 Å². The Kier molecular flexibility index (Phi) is 7.17. The molecule has 2 fully saturated rings. The van der Waals surface area contributed by atoms with Crippen molar-refractivity contribution in [2.24, 2.45) is 17.8 Å². The maximum Gasteiger partial charge on any atom is 0.290 e. The number of benzene rings is 1. The van der Waals surface area contributed by atoms with Gasteiger partial charge < -0.3 is 19.1 Å². The van der Waals surface area contributed by atoms with E-state index < -0.39 is 6.04 Å². The van der Waals surface area contributed by atoms with Crippen LogP contribution in [0.25, 0.3) is 0 Å². The summed E-state index contributed by atoms with van der Waals surface area (Å²) in [5, 5.41) is 0. The number of ether oxygens (including phenoxy) is 3. The van der Waals surface area contributed by atoms with Crippen LogP contribution >= 0.6 is 0 Å². The number of rotatable bonds is 7. The van der Waals surface area contributed by atoms with E-state index in [0.29, 0.717) is 30.6 Å². The topological polar surface area (TPSA) is 68.3 Å². The van der Waals surface area contributed by atoms with E-state index in [2.05, 4.69) is 18.7 Å². The molecule has 3 heterocycles. The fourth-order valence-electron chi connectivity index (χ4n) is 6.12. The van der Waals surface area contributed by atoms with Crippen LogP contribution in [-0.4, -0.2) is 73.6 Å². The predicted molar refractivity (Wildman–Crippen MR) is 132 cm³/mol. The average Bonchev–Trinajstić information content (AvgIpc) is 3.13. The first-order chi connectivity index (χ1) is 17.0. The summed E-state index contributed by atoms with van der Waals surface area (Å²) < 4.78 is 17.6. The fourth-order valence-corrected chi connectivity index (χ4v) is 6.12. The molecular formula is C28H38N2O5. The molecule has 5 atom stereocenters. The van der Waals surface area contributed by atoms with Gasteiger partial charge in [-0.05, 0) is 55.7 Å². The molecule has 7 heteroatoms. The summed E-state index contributed by atoms with van der Waals surface area (Å²) in [5.41, 5.74) is 1.46. The molecule has 0 radical (unpaired) electrons. The van der Waals surface area contributed by atoms with Crippen molar-refractivity contribution in [1.29, 1.82) is 0 Å². The van der Waals surface area contributed by atoms with E-state index in [4.69, 9.17) is 14.2 Å². The quantitative estimate of drug-likeness (QED) is 0.592. The summed E-state index contributed by atoms with van der Waals surface area (Å²) in [6.07, 6.45) is 2.28. The largest absolute Gasteiger partial charge is 0.494 e. The molecule has 4 aliphatic rings. The zero-order valence-corrected chi connectivity index (χ0v) is 21.2. The summed E-state index contributed by atoms with van der Waals surface area (Å²) in [5.74, 6) is 1.77. The Morgan fingerprint density at radius 2 is 1.83 bits per heavy atom. The number of ketones is 1. The summed E-state index contributed by atoms with van der Waals surface area (Å²) in [6, 6.07) is 7.40. The van der Waals surface area contributed by atoms with Gasteiger partial charge in [0.25, 0.3) is 5.91 Å². The van der Waals surface area contributed by atoms with Crippen LogP contribution in [0.3, 0.4) is 0 Å². The maximum absolute atomic E-state index is 13.9. The lowest BCUT2D eigenvalue weighted by Crippen LogP contribution is -2.43. The molecule has 5 rings (SSSR count). The van der Waals surface area contributed by atoms with Crippen LogP contribution < -0.4 is 4.74 Å². The minimum absolute atomic E-state index is 0.103. The molecule has 0 spiro atoms. The van der Waals surface area contributed by atoms with Gasteiger partial charge in [-0.15, -0.1) is 0 Å². The van der Waals surface area contributed by atoms with Gasteiger partial charge in [-0.1, -0.05) is 26.0 Å². The van der Waals surface area contributed by atoms with E-state index >= 15 is 0 Å². The molecule has 0 bridgehead atoms. The SMILES string of the molecule is CCOc1cccc(C2C3=C(OC4CC(C)C(C)CC4C3=O)C(=O)N2CCCN2CCOCC2)c1. The predicted octanol–water partition coefficient (Wildman–Crippen LogP) is 3.60. The number of fused-ring (bicyclic) bond motifs is 1. The van der Waals surface area contributed by atoms with Crippen LogP contribution in [0, 0.1) is 17.8 Å². The Bertz CT molecular complexity index is 985. The molecule has 7 nitrogen and oxygen atoms in total. The van der Waals surface area contributed by atoms with E-state index in [9.17, 15) is 9.59 Å². The average molecular weight is 483 g/mol. The monoisotopic (exact) mass is 482 g/mol. The number of carbonyl (C=O) groups excluding carboxylic acids is 2. The molecule has 0 aromatic heterocycles. The van der Waals surface area contributed by atoms with Crippen molar-refractivity contribution in [2.75, 3.05) is 46.0 Å². The van der Waals surface area contributed by atoms with Crippen molar-refractivity contribution in [3.63, 3.8) is 0 Å². The van der Waals surface area contributed by atoms with Crippen LogP contribution in [-0.2, 0) is 19.1 Å². The number of carbonyl (C=O) groups is 2.